The van der Waals surface area contributed by atoms with Gasteiger partial charge in [0.2, 0.25) is 0 Å². The molecule has 1 atom stereocenters. The lowest BCUT2D eigenvalue weighted by atomic mass is 9.84. The van der Waals surface area contributed by atoms with Crippen LogP contribution in [0.5, 0.6) is 11.5 Å². The number of fused-ring (bicyclic) bond motifs is 1. The molecule has 0 saturated heterocycles. The Hall–Kier alpha value is -2.04. The van der Waals surface area contributed by atoms with Crippen molar-refractivity contribution in [1.29, 1.82) is 0 Å². The zero-order valence-electron chi connectivity index (χ0n) is 18.1. The van der Waals surface area contributed by atoms with Crippen LogP contribution in [0.3, 0.4) is 0 Å². The Morgan fingerprint density at radius 2 is 1.82 bits per heavy atom. The summed E-state index contributed by atoms with van der Waals surface area (Å²) in [6.07, 6.45) is 4.86. The average molecular weight is 391 g/mol. The number of benzene rings is 1. The van der Waals surface area contributed by atoms with Crippen molar-refractivity contribution >= 4 is 11.9 Å². The van der Waals surface area contributed by atoms with E-state index in [-0.39, 0.29) is 18.4 Å². The fourth-order valence-corrected chi connectivity index (χ4v) is 3.87. The van der Waals surface area contributed by atoms with Gasteiger partial charge in [-0.05, 0) is 76.0 Å². The molecule has 5 nitrogen and oxygen atoms in total. The number of carbonyl (C=O) groups excluding carboxylic acids is 1. The van der Waals surface area contributed by atoms with Crippen LogP contribution in [0.15, 0.2) is 0 Å². The predicted molar refractivity (Wildman–Crippen MR) is 109 cm³/mol. The summed E-state index contributed by atoms with van der Waals surface area (Å²) in [5, 5.41) is 8.76. The molecule has 1 aliphatic rings. The topological polar surface area (TPSA) is 72.8 Å². The van der Waals surface area contributed by atoms with E-state index >= 15 is 0 Å². The van der Waals surface area contributed by atoms with Gasteiger partial charge in [-0.25, -0.2) is 0 Å². The Bertz CT molecular complexity index is 750. The molecule has 0 aliphatic carbocycles. The largest absolute Gasteiger partial charge is 0.487 e. The van der Waals surface area contributed by atoms with Gasteiger partial charge in [0.05, 0.1) is 12.8 Å². The monoisotopic (exact) mass is 390 g/mol. The molecule has 1 aliphatic heterocycles. The van der Waals surface area contributed by atoms with Gasteiger partial charge in [-0.3, -0.25) is 9.59 Å². The Morgan fingerprint density at radius 3 is 2.43 bits per heavy atom. The van der Waals surface area contributed by atoms with Crippen LogP contribution in [-0.2, 0) is 16.0 Å². The molecule has 1 N–H and O–H groups in total. The summed E-state index contributed by atoms with van der Waals surface area (Å²) in [7, 11) is 0. The van der Waals surface area contributed by atoms with Crippen molar-refractivity contribution < 1.29 is 24.2 Å². The van der Waals surface area contributed by atoms with Crippen molar-refractivity contribution in [1.82, 2.24) is 0 Å². The summed E-state index contributed by atoms with van der Waals surface area (Å²) in [5.74, 6) is 0.668. The maximum absolute atomic E-state index is 12.1. The van der Waals surface area contributed by atoms with E-state index in [1.807, 2.05) is 20.8 Å². The Labute approximate surface area is 168 Å². The Kier molecular flexibility index (Phi) is 7.13. The Balaban J connectivity index is 2.22. The van der Waals surface area contributed by atoms with E-state index in [4.69, 9.17) is 14.6 Å². The first-order valence-electron chi connectivity index (χ1n) is 10.3. The number of ether oxygens (including phenoxy) is 2. The number of aliphatic carboxylic acids is 1. The molecule has 0 aromatic heterocycles. The number of carboxylic acids is 1. The number of hydrogen-bond donors (Lipinski definition) is 1. The molecule has 0 saturated carbocycles. The molecule has 1 unspecified atom stereocenters. The maximum Gasteiger partial charge on any atom is 0.311 e. The molecule has 0 bridgehead atoms. The molecular weight excluding hydrogens is 356 g/mol. The van der Waals surface area contributed by atoms with Gasteiger partial charge in [0.25, 0.3) is 0 Å². The van der Waals surface area contributed by atoms with Gasteiger partial charge in [-0.2, -0.15) is 0 Å². The lowest BCUT2D eigenvalue weighted by Crippen LogP contribution is -2.37. The highest BCUT2D eigenvalue weighted by atomic mass is 16.5. The van der Waals surface area contributed by atoms with E-state index in [2.05, 4.69) is 20.8 Å². The van der Waals surface area contributed by atoms with Crippen molar-refractivity contribution in [3.05, 3.63) is 22.3 Å². The first-order chi connectivity index (χ1) is 13.0. The van der Waals surface area contributed by atoms with Crippen LogP contribution in [0.1, 0.15) is 81.5 Å². The van der Waals surface area contributed by atoms with Crippen molar-refractivity contribution in [2.24, 2.45) is 5.92 Å². The molecule has 156 valence electrons. The van der Waals surface area contributed by atoms with Crippen LogP contribution in [0, 0.1) is 26.7 Å². The second kappa shape index (κ2) is 8.97. The van der Waals surface area contributed by atoms with Crippen LogP contribution in [-0.4, -0.2) is 22.6 Å². The number of carboxylic acid groups (broad SMARTS) is 1. The summed E-state index contributed by atoms with van der Waals surface area (Å²) in [5.41, 5.74) is 3.74. The third kappa shape index (κ3) is 5.27. The van der Waals surface area contributed by atoms with Gasteiger partial charge in [0, 0.05) is 5.56 Å². The second-order valence-electron chi connectivity index (χ2n) is 8.72. The predicted octanol–water partition coefficient (Wildman–Crippen LogP) is 5.29. The van der Waals surface area contributed by atoms with Crippen molar-refractivity contribution in [2.75, 3.05) is 0 Å². The summed E-state index contributed by atoms with van der Waals surface area (Å²) in [4.78, 5) is 22.7. The maximum atomic E-state index is 12.1. The fourth-order valence-electron chi connectivity index (χ4n) is 3.87. The average Bonchev–Trinajstić information content (AvgIpc) is 2.61. The molecular formula is C23H34O5. The second-order valence-corrected chi connectivity index (χ2v) is 8.72. The molecule has 28 heavy (non-hydrogen) atoms. The fraction of sp³-hybridized carbons (Fsp3) is 0.652. The van der Waals surface area contributed by atoms with Crippen molar-refractivity contribution in [2.45, 2.75) is 92.1 Å². The van der Waals surface area contributed by atoms with Crippen LogP contribution in [0.4, 0.5) is 0 Å². The van der Waals surface area contributed by atoms with Gasteiger partial charge >= 0.3 is 11.9 Å². The summed E-state index contributed by atoms with van der Waals surface area (Å²) in [6, 6.07) is 0. The van der Waals surface area contributed by atoms with Gasteiger partial charge in [-0.1, -0.05) is 20.3 Å². The lowest BCUT2D eigenvalue weighted by molar-refractivity contribution is -0.142. The van der Waals surface area contributed by atoms with Gasteiger partial charge in [0.15, 0.2) is 0 Å². The highest BCUT2D eigenvalue weighted by Crippen LogP contribution is 2.45. The standard InChI is InChI=1S/C23H34O5/c1-14(2)8-7-12-23(6)13-11-18-17(5)21(15(3)16(4)22(18)28-23)27-20(26)10-9-19(24)25/h14H,7-13H2,1-6H3,(H,24,25). The number of esters is 1. The first kappa shape index (κ1) is 22.3. The molecule has 1 aromatic carbocycles. The lowest BCUT2D eigenvalue weighted by Gasteiger charge is -2.38. The van der Waals surface area contributed by atoms with Gasteiger partial charge in [-0.15, -0.1) is 0 Å². The van der Waals surface area contributed by atoms with Gasteiger partial charge < -0.3 is 14.6 Å². The normalized spacial score (nSPS) is 18.5. The van der Waals surface area contributed by atoms with Gasteiger partial charge in [0.1, 0.15) is 17.1 Å². The highest BCUT2D eigenvalue weighted by Gasteiger charge is 2.34. The Morgan fingerprint density at radius 1 is 1.14 bits per heavy atom. The third-order valence-corrected chi connectivity index (χ3v) is 5.81. The molecule has 0 radical (unpaired) electrons. The quantitative estimate of drug-likeness (QED) is 0.482. The molecule has 0 fully saturated rings. The molecule has 1 aromatic rings. The smallest absolute Gasteiger partial charge is 0.311 e. The highest BCUT2D eigenvalue weighted by molar-refractivity contribution is 5.79. The minimum absolute atomic E-state index is 0.130. The number of hydrogen-bond acceptors (Lipinski definition) is 4. The number of rotatable bonds is 8. The molecule has 2 rings (SSSR count). The summed E-state index contributed by atoms with van der Waals surface area (Å²) >= 11 is 0. The van der Waals surface area contributed by atoms with E-state index in [1.54, 1.807) is 0 Å². The first-order valence-corrected chi connectivity index (χ1v) is 10.3. The molecule has 1 heterocycles. The molecule has 0 amide bonds. The van der Waals surface area contributed by atoms with Crippen molar-refractivity contribution in [3.8, 4) is 11.5 Å². The zero-order chi connectivity index (χ0) is 21.1. The number of carbonyl (C=O) groups is 2. The third-order valence-electron chi connectivity index (χ3n) is 5.81. The van der Waals surface area contributed by atoms with E-state index in [0.29, 0.717) is 11.7 Å². The van der Waals surface area contributed by atoms with Crippen LogP contribution in [0.25, 0.3) is 0 Å². The molecule has 5 heteroatoms. The van der Waals surface area contributed by atoms with E-state index in [0.717, 1.165) is 53.7 Å². The van der Waals surface area contributed by atoms with E-state index < -0.39 is 11.9 Å². The van der Waals surface area contributed by atoms with E-state index in [1.165, 1.54) is 6.42 Å². The van der Waals surface area contributed by atoms with Crippen molar-refractivity contribution in [3.63, 3.8) is 0 Å². The SMILES string of the molecule is Cc1c(C)c2c(c(C)c1OC(=O)CCC(=O)O)CCC(C)(CCCC(C)C)O2. The summed E-state index contributed by atoms with van der Waals surface area (Å²) in [6.45, 7) is 12.6. The van der Waals surface area contributed by atoms with E-state index in [9.17, 15) is 9.59 Å². The minimum Gasteiger partial charge on any atom is -0.487 e. The van der Waals surface area contributed by atoms with Crippen LogP contribution >= 0.6 is 0 Å². The minimum atomic E-state index is -1.00. The zero-order valence-corrected chi connectivity index (χ0v) is 18.1. The van der Waals surface area contributed by atoms with Crippen LogP contribution < -0.4 is 9.47 Å². The molecule has 0 spiro atoms. The van der Waals surface area contributed by atoms with Crippen LogP contribution in [0.2, 0.25) is 0 Å². The summed E-state index contributed by atoms with van der Waals surface area (Å²) < 4.78 is 12.1.